The Hall–Kier alpha value is -0.540. The molecule has 0 spiro atoms. The van der Waals surface area contributed by atoms with Crippen LogP contribution in [0, 0.1) is 0 Å². The van der Waals surface area contributed by atoms with Crippen molar-refractivity contribution in [3.05, 3.63) is 22.4 Å². The second-order valence-electron chi connectivity index (χ2n) is 1.40. The molecule has 1 aromatic heterocycles. The first-order valence-corrected chi connectivity index (χ1v) is 3.55. The van der Waals surface area contributed by atoms with Crippen molar-refractivity contribution in [1.82, 2.24) is 4.84 Å². The van der Waals surface area contributed by atoms with Gasteiger partial charge in [0, 0.05) is 11.8 Å². The number of hydrogen-bond donors (Lipinski definition) is 1. The smallest absolute Gasteiger partial charge is 0.267 e. The van der Waals surface area contributed by atoms with E-state index in [1.165, 1.54) is 11.3 Å². The van der Waals surface area contributed by atoms with Crippen molar-refractivity contribution in [2.45, 2.75) is 0 Å². The second kappa shape index (κ2) is 2.85. The van der Waals surface area contributed by atoms with Crippen LogP contribution in [0.1, 0.15) is 9.67 Å². The highest BCUT2D eigenvalue weighted by Gasteiger charge is 2.01. The summed E-state index contributed by atoms with van der Waals surface area (Å²) in [7, 11) is 0. The zero-order chi connectivity index (χ0) is 6.69. The number of carbonyl (C=O) groups is 1. The molecule has 0 saturated carbocycles. The van der Waals surface area contributed by atoms with E-state index >= 15 is 0 Å². The number of carbonyl (C=O) groups excluding carboxylic acids is 1. The van der Waals surface area contributed by atoms with Gasteiger partial charge in [-0.25, -0.2) is 0 Å². The molecular weight excluding hydrogens is 158 g/mol. The van der Waals surface area contributed by atoms with Gasteiger partial charge in [-0.2, -0.15) is 0 Å². The minimum atomic E-state index is -0.244. The van der Waals surface area contributed by atoms with Crippen molar-refractivity contribution >= 4 is 29.0 Å². The van der Waals surface area contributed by atoms with Crippen molar-refractivity contribution in [3.63, 3.8) is 0 Å². The van der Waals surface area contributed by atoms with Gasteiger partial charge in [-0.3, -0.25) is 9.63 Å². The van der Waals surface area contributed by atoms with Gasteiger partial charge in [0.1, 0.15) is 0 Å². The van der Waals surface area contributed by atoms with Crippen LogP contribution in [-0.2, 0) is 0 Å². The number of halogens is 1. The van der Waals surface area contributed by atoms with E-state index in [1.54, 1.807) is 12.1 Å². The van der Waals surface area contributed by atoms with Gasteiger partial charge in [0.05, 0.1) is 4.88 Å². The topological polar surface area (TPSA) is 29.1 Å². The molecule has 0 fully saturated rings. The zero-order valence-electron chi connectivity index (χ0n) is 4.43. The SMILES string of the molecule is O=C(NCl)c1cccs1. The second-order valence-corrected chi connectivity index (χ2v) is 2.54. The van der Waals surface area contributed by atoms with Crippen molar-refractivity contribution in [3.8, 4) is 0 Å². The average molecular weight is 162 g/mol. The van der Waals surface area contributed by atoms with E-state index in [1.807, 2.05) is 10.2 Å². The monoisotopic (exact) mass is 161 g/mol. The van der Waals surface area contributed by atoms with Crippen LogP contribution in [0.5, 0.6) is 0 Å². The standard InChI is InChI=1S/C5H4ClNOS/c6-7-5(8)4-2-1-3-9-4/h1-3H,(H,7,8). The minimum Gasteiger partial charge on any atom is -0.267 e. The van der Waals surface area contributed by atoms with Crippen molar-refractivity contribution in [1.29, 1.82) is 0 Å². The molecule has 0 radical (unpaired) electrons. The third-order valence-corrected chi connectivity index (χ3v) is 1.87. The number of thiophene rings is 1. The summed E-state index contributed by atoms with van der Waals surface area (Å²) >= 11 is 6.41. The molecule has 1 N–H and O–H groups in total. The Morgan fingerprint density at radius 2 is 2.56 bits per heavy atom. The van der Waals surface area contributed by atoms with Crippen LogP contribution in [0.4, 0.5) is 0 Å². The first-order chi connectivity index (χ1) is 4.34. The molecule has 0 aromatic carbocycles. The molecule has 0 atom stereocenters. The van der Waals surface area contributed by atoms with Crippen molar-refractivity contribution in [2.75, 3.05) is 0 Å². The van der Waals surface area contributed by atoms with Crippen LogP contribution in [0.2, 0.25) is 0 Å². The first kappa shape index (κ1) is 6.58. The molecule has 0 aliphatic rings. The molecule has 1 aromatic rings. The quantitative estimate of drug-likeness (QED) is 0.624. The first-order valence-electron chi connectivity index (χ1n) is 2.29. The van der Waals surface area contributed by atoms with Gasteiger partial charge < -0.3 is 0 Å². The Bertz CT molecular complexity index is 197. The molecule has 0 aliphatic heterocycles. The maximum atomic E-state index is 10.6. The summed E-state index contributed by atoms with van der Waals surface area (Å²) in [5.74, 6) is -0.244. The summed E-state index contributed by atoms with van der Waals surface area (Å²) in [6.07, 6.45) is 0. The van der Waals surface area contributed by atoms with Gasteiger partial charge in [0.25, 0.3) is 5.91 Å². The molecule has 1 rings (SSSR count). The summed E-state index contributed by atoms with van der Waals surface area (Å²) in [6, 6.07) is 3.51. The van der Waals surface area contributed by atoms with Crippen molar-refractivity contribution < 1.29 is 4.79 Å². The zero-order valence-corrected chi connectivity index (χ0v) is 6.00. The van der Waals surface area contributed by atoms with Gasteiger partial charge in [0.2, 0.25) is 0 Å². The van der Waals surface area contributed by atoms with Crippen LogP contribution in [-0.4, -0.2) is 5.91 Å². The van der Waals surface area contributed by atoms with Gasteiger partial charge in [-0.15, -0.1) is 11.3 Å². The van der Waals surface area contributed by atoms with E-state index < -0.39 is 0 Å². The van der Waals surface area contributed by atoms with E-state index in [0.717, 1.165) is 0 Å². The molecule has 1 amide bonds. The van der Waals surface area contributed by atoms with E-state index in [4.69, 9.17) is 11.8 Å². The largest absolute Gasteiger partial charge is 0.275 e. The third kappa shape index (κ3) is 1.43. The summed E-state index contributed by atoms with van der Waals surface area (Å²) in [5, 5.41) is 1.82. The van der Waals surface area contributed by atoms with Crippen LogP contribution in [0.3, 0.4) is 0 Å². The summed E-state index contributed by atoms with van der Waals surface area (Å²) in [6.45, 7) is 0. The highest BCUT2D eigenvalue weighted by Crippen LogP contribution is 2.07. The third-order valence-electron chi connectivity index (χ3n) is 0.831. The lowest BCUT2D eigenvalue weighted by Gasteiger charge is -1.87. The van der Waals surface area contributed by atoms with Crippen LogP contribution in [0.15, 0.2) is 17.5 Å². The molecule has 0 bridgehead atoms. The maximum absolute atomic E-state index is 10.6. The van der Waals surface area contributed by atoms with Crippen LogP contribution in [0.25, 0.3) is 0 Å². The number of amides is 1. The van der Waals surface area contributed by atoms with E-state index in [2.05, 4.69) is 0 Å². The lowest BCUT2D eigenvalue weighted by atomic mass is 10.5. The molecule has 9 heavy (non-hydrogen) atoms. The van der Waals surface area contributed by atoms with Gasteiger partial charge in [-0.05, 0) is 11.4 Å². The van der Waals surface area contributed by atoms with E-state index in [-0.39, 0.29) is 5.91 Å². The molecular formula is C5H4ClNOS. The van der Waals surface area contributed by atoms with Gasteiger partial charge in [-0.1, -0.05) is 6.07 Å². The Morgan fingerprint density at radius 1 is 1.78 bits per heavy atom. The minimum absolute atomic E-state index is 0.244. The Labute approximate surface area is 61.6 Å². The predicted molar refractivity (Wildman–Crippen MR) is 37.6 cm³/mol. The Morgan fingerprint density at radius 3 is 3.00 bits per heavy atom. The fraction of sp³-hybridized carbons (Fsp3) is 0. The molecule has 4 heteroatoms. The molecule has 1 heterocycles. The van der Waals surface area contributed by atoms with E-state index in [9.17, 15) is 4.79 Å². The highest BCUT2D eigenvalue weighted by molar-refractivity contribution is 7.12. The maximum Gasteiger partial charge on any atom is 0.275 e. The molecule has 48 valence electrons. The Balaban J connectivity index is 2.77. The lowest BCUT2D eigenvalue weighted by Crippen LogP contribution is -2.09. The van der Waals surface area contributed by atoms with Crippen molar-refractivity contribution in [2.24, 2.45) is 0 Å². The molecule has 0 unspecified atom stereocenters. The van der Waals surface area contributed by atoms with Gasteiger partial charge >= 0.3 is 0 Å². The fourth-order valence-electron chi connectivity index (χ4n) is 0.454. The average Bonchev–Trinajstić information content (AvgIpc) is 2.37. The highest BCUT2D eigenvalue weighted by atomic mass is 35.5. The van der Waals surface area contributed by atoms with Gasteiger partial charge in [0.15, 0.2) is 0 Å². The number of rotatable bonds is 1. The molecule has 2 nitrogen and oxygen atoms in total. The number of hydrogen-bond acceptors (Lipinski definition) is 2. The normalized spacial score (nSPS) is 9.00. The molecule has 0 saturated heterocycles. The summed E-state index contributed by atoms with van der Waals surface area (Å²) in [4.78, 5) is 13.3. The predicted octanol–water partition coefficient (Wildman–Crippen LogP) is 1.63. The summed E-state index contributed by atoms with van der Waals surface area (Å²) in [5.41, 5.74) is 0. The van der Waals surface area contributed by atoms with Crippen LogP contribution < -0.4 is 4.84 Å². The fourth-order valence-corrected chi connectivity index (χ4v) is 1.23. The van der Waals surface area contributed by atoms with E-state index in [0.29, 0.717) is 4.88 Å². The summed E-state index contributed by atoms with van der Waals surface area (Å²) < 4.78 is 0. The molecule has 0 aliphatic carbocycles. The van der Waals surface area contributed by atoms with Crippen LogP contribution >= 0.6 is 23.1 Å². The lowest BCUT2D eigenvalue weighted by molar-refractivity contribution is 0.0986. The Kier molecular flexibility index (Phi) is 2.08. The number of nitrogens with one attached hydrogen (secondary N) is 1.